The second-order valence-electron chi connectivity index (χ2n) is 8.32. The standard InChI is InChI=1S/C20H20F5N7/c21-17(22)10-32-19-15(6-28-32)26-7-18(30-19)29-13-3-11-8-31(9-12(11)4-13)14-1-2-16(27-5-14)20(23,24)25/h1-2,5-7,11-13,17H,3-4,8-10H2,(H,29,30)/t11-,12+,13+. The minimum absolute atomic E-state index is 0.163. The zero-order valence-corrected chi connectivity index (χ0v) is 16.8. The second kappa shape index (κ2) is 7.82. The Balaban J connectivity index is 1.21. The van der Waals surface area contributed by atoms with Crippen LogP contribution in [0.5, 0.6) is 0 Å². The van der Waals surface area contributed by atoms with Crippen LogP contribution in [0.4, 0.5) is 33.5 Å². The summed E-state index contributed by atoms with van der Waals surface area (Å²) in [5, 5.41) is 7.27. The van der Waals surface area contributed by atoms with Crippen molar-refractivity contribution in [2.24, 2.45) is 11.8 Å². The van der Waals surface area contributed by atoms with Gasteiger partial charge in [-0.3, -0.25) is 0 Å². The minimum Gasteiger partial charge on any atom is -0.370 e. The molecular weight excluding hydrogens is 433 g/mol. The van der Waals surface area contributed by atoms with Gasteiger partial charge in [0.05, 0.1) is 24.3 Å². The van der Waals surface area contributed by atoms with Gasteiger partial charge in [-0.1, -0.05) is 0 Å². The number of hydrogen-bond acceptors (Lipinski definition) is 6. The van der Waals surface area contributed by atoms with Crippen LogP contribution in [0, 0.1) is 11.8 Å². The van der Waals surface area contributed by atoms with Gasteiger partial charge in [0.2, 0.25) is 0 Å². The fourth-order valence-corrected chi connectivity index (χ4v) is 4.76. The summed E-state index contributed by atoms with van der Waals surface area (Å²) < 4.78 is 64.8. The summed E-state index contributed by atoms with van der Waals surface area (Å²) in [6, 6.07) is 2.65. The van der Waals surface area contributed by atoms with Gasteiger partial charge in [-0.2, -0.15) is 18.3 Å². The largest absolute Gasteiger partial charge is 0.433 e. The molecule has 0 spiro atoms. The van der Waals surface area contributed by atoms with E-state index in [9.17, 15) is 22.0 Å². The zero-order chi connectivity index (χ0) is 22.5. The van der Waals surface area contributed by atoms with Crippen molar-refractivity contribution in [3.05, 3.63) is 36.4 Å². The maximum Gasteiger partial charge on any atom is 0.433 e. The number of anilines is 2. The molecule has 1 aliphatic carbocycles. The van der Waals surface area contributed by atoms with Gasteiger partial charge >= 0.3 is 6.18 Å². The topological polar surface area (TPSA) is 71.8 Å². The van der Waals surface area contributed by atoms with E-state index in [0.29, 0.717) is 34.5 Å². The van der Waals surface area contributed by atoms with Crippen LogP contribution in [0.3, 0.4) is 0 Å². The van der Waals surface area contributed by atoms with Gasteiger partial charge in [0.1, 0.15) is 23.6 Å². The highest BCUT2D eigenvalue weighted by molar-refractivity contribution is 5.71. The van der Waals surface area contributed by atoms with Gasteiger partial charge in [-0.25, -0.2) is 28.4 Å². The Kier molecular flexibility index (Phi) is 5.09. The highest BCUT2D eigenvalue weighted by Gasteiger charge is 2.41. The second-order valence-corrected chi connectivity index (χ2v) is 8.32. The Morgan fingerprint density at radius 1 is 1.03 bits per heavy atom. The first-order valence-electron chi connectivity index (χ1n) is 10.3. The fourth-order valence-electron chi connectivity index (χ4n) is 4.76. The van der Waals surface area contributed by atoms with Crippen LogP contribution in [-0.4, -0.2) is 50.3 Å². The first kappa shape index (κ1) is 20.8. The van der Waals surface area contributed by atoms with Crippen molar-refractivity contribution in [3.63, 3.8) is 0 Å². The molecule has 1 saturated carbocycles. The number of halogens is 5. The summed E-state index contributed by atoms with van der Waals surface area (Å²) in [6.07, 6.45) is -0.941. The zero-order valence-electron chi connectivity index (χ0n) is 16.8. The lowest BCUT2D eigenvalue weighted by atomic mass is 10.0. The number of alkyl halides is 5. The van der Waals surface area contributed by atoms with Gasteiger partial charge in [0, 0.05) is 19.1 Å². The molecule has 1 N–H and O–H groups in total. The van der Waals surface area contributed by atoms with E-state index < -0.39 is 24.8 Å². The minimum atomic E-state index is -4.44. The van der Waals surface area contributed by atoms with Crippen LogP contribution >= 0.6 is 0 Å². The van der Waals surface area contributed by atoms with Crippen molar-refractivity contribution < 1.29 is 22.0 Å². The Bertz CT molecular complexity index is 1080. The van der Waals surface area contributed by atoms with E-state index in [1.807, 2.05) is 0 Å². The molecule has 170 valence electrons. The molecular formula is C20H20F5N7. The molecule has 4 heterocycles. The number of fused-ring (bicyclic) bond motifs is 2. The molecule has 5 rings (SSSR count). The normalized spacial score (nSPS) is 23.3. The summed E-state index contributed by atoms with van der Waals surface area (Å²) in [7, 11) is 0. The average molecular weight is 453 g/mol. The van der Waals surface area contributed by atoms with Crippen molar-refractivity contribution in [1.29, 1.82) is 0 Å². The maximum absolute atomic E-state index is 12.7. The molecule has 1 aliphatic heterocycles. The smallest absolute Gasteiger partial charge is 0.370 e. The Hall–Kier alpha value is -3.05. The average Bonchev–Trinajstić information content (AvgIpc) is 3.41. The van der Waals surface area contributed by atoms with Crippen molar-refractivity contribution in [2.75, 3.05) is 23.3 Å². The van der Waals surface area contributed by atoms with E-state index in [1.165, 1.54) is 18.5 Å². The predicted octanol–water partition coefficient (Wildman–Crippen LogP) is 3.83. The van der Waals surface area contributed by atoms with Crippen LogP contribution in [-0.2, 0) is 12.7 Å². The van der Waals surface area contributed by atoms with E-state index in [-0.39, 0.29) is 6.04 Å². The molecule has 0 radical (unpaired) electrons. The van der Waals surface area contributed by atoms with Gasteiger partial charge in [-0.15, -0.1) is 0 Å². The number of pyridine rings is 1. The Morgan fingerprint density at radius 3 is 2.41 bits per heavy atom. The van der Waals surface area contributed by atoms with Gasteiger partial charge in [-0.05, 0) is 36.8 Å². The third kappa shape index (κ3) is 4.05. The maximum atomic E-state index is 12.7. The van der Waals surface area contributed by atoms with Crippen molar-refractivity contribution in [2.45, 2.75) is 38.0 Å². The van der Waals surface area contributed by atoms with E-state index in [1.54, 1.807) is 6.20 Å². The summed E-state index contributed by atoms with van der Waals surface area (Å²) >= 11 is 0. The predicted molar refractivity (Wildman–Crippen MR) is 106 cm³/mol. The quantitative estimate of drug-likeness (QED) is 0.592. The van der Waals surface area contributed by atoms with Crippen LogP contribution < -0.4 is 10.2 Å². The number of nitrogens with one attached hydrogen (secondary N) is 1. The van der Waals surface area contributed by atoms with Crippen LogP contribution in [0.2, 0.25) is 0 Å². The van der Waals surface area contributed by atoms with Crippen molar-refractivity contribution in [1.82, 2.24) is 24.7 Å². The molecule has 32 heavy (non-hydrogen) atoms. The first-order valence-corrected chi connectivity index (χ1v) is 10.3. The molecule has 0 aromatic carbocycles. The molecule has 3 aromatic rings. The lowest BCUT2D eigenvalue weighted by Gasteiger charge is -2.22. The van der Waals surface area contributed by atoms with E-state index in [4.69, 9.17) is 0 Å². The van der Waals surface area contributed by atoms with E-state index in [2.05, 4.69) is 30.3 Å². The molecule has 3 atom stereocenters. The molecule has 7 nitrogen and oxygen atoms in total. The molecule has 0 unspecified atom stereocenters. The Morgan fingerprint density at radius 2 is 1.78 bits per heavy atom. The molecule has 2 fully saturated rings. The van der Waals surface area contributed by atoms with Crippen molar-refractivity contribution in [3.8, 4) is 0 Å². The van der Waals surface area contributed by atoms with Gasteiger partial charge in [0.15, 0.2) is 5.65 Å². The number of nitrogens with zero attached hydrogens (tertiary/aromatic N) is 6. The van der Waals surface area contributed by atoms with Crippen LogP contribution in [0.25, 0.3) is 11.2 Å². The van der Waals surface area contributed by atoms with Gasteiger partial charge < -0.3 is 10.2 Å². The van der Waals surface area contributed by atoms with Gasteiger partial charge in [0.25, 0.3) is 6.43 Å². The van der Waals surface area contributed by atoms with Crippen molar-refractivity contribution >= 4 is 22.7 Å². The lowest BCUT2D eigenvalue weighted by molar-refractivity contribution is -0.141. The molecule has 0 amide bonds. The van der Waals surface area contributed by atoms with E-state index in [0.717, 1.165) is 36.7 Å². The molecule has 3 aromatic heterocycles. The molecule has 12 heteroatoms. The molecule has 2 aliphatic rings. The number of hydrogen-bond donors (Lipinski definition) is 1. The summed E-state index contributed by atoms with van der Waals surface area (Å²) in [5.41, 5.74) is 0.577. The SMILES string of the molecule is FC(F)Cn1ncc2ncc(N[C@H]3C[C@@H]4CN(c5ccc(C(F)(F)F)nc5)C[C@@H]4C3)nc21. The lowest BCUT2D eigenvalue weighted by Crippen LogP contribution is -2.25. The van der Waals surface area contributed by atoms with Crippen LogP contribution in [0.15, 0.2) is 30.7 Å². The monoisotopic (exact) mass is 453 g/mol. The number of rotatable bonds is 5. The molecule has 0 bridgehead atoms. The molecule has 1 saturated heterocycles. The summed E-state index contributed by atoms with van der Waals surface area (Å²) in [4.78, 5) is 14.3. The Labute approximate surface area is 179 Å². The summed E-state index contributed by atoms with van der Waals surface area (Å²) in [6.45, 7) is 0.966. The third-order valence-electron chi connectivity index (χ3n) is 6.16. The first-order chi connectivity index (χ1) is 15.3. The highest BCUT2D eigenvalue weighted by Crippen LogP contribution is 2.41. The number of aromatic nitrogens is 5. The fraction of sp³-hybridized carbons (Fsp3) is 0.500. The van der Waals surface area contributed by atoms with Crippen LogP contribution in [0.1, 0.15) is 18.5 Å². The summed E-state index contributed by atoms with van der Waals surface area (Å²) in [5.74, 6) is 1.31. The third-order valence-corrected chi connectivity index (χ3v) is 6.16. The van der Waals surface area contributed by atoms with E-state index >= 15 is 0 Å². The highest BCUT2D eigenvalue weighted by atomic mass is 19.4.